The minimum atomic E-state index is -0.796. The Morgan fingerprint density at radius 1 is 0.967 bits per heavy atom. The lowest BCUT2D eigenvalue weighted by Gasteiger charge is -2.42. The van der Waals surface area contributed by atoms with Crippen LogP contribution < -0.4 is 9.64 Å². The van der Waals surface area contributed by atoms with E-state index in [1.807, 2.05) is 60.7 Å². The molecule has 5 rings (SSSR count). The predicted molar refractivity (Wildman–Crippen MR) is 118 cm³/mol. The summed E-state index contributed by atoms with van der Waals surface area (Å²) in [7, 11) is 0. The van der Waals surface area contributed by atoms with Gasteiger partial charge in [-0.1, -0.05) is 54.1 Å². The largest absolute Gasteiger partial charge is 0.467 e. The fourth-order valence-corrected chi connectivity index (χ4v) is 4.83. The van der Waals surface area contributed by atoms with Gasteiger partial charge in [0, 0.05) is 43.1 Å². The highest BCUT2D eigenvalue weighted by atomic mass is 35.5. The van der Waals surface area contributed by atoms with Gasteiger partial charge in [-0.05, 0) is 29.0 Å². The summed E-state index contributed by atoms with van der Waals surface area (Å²) < 4.78 is 6.26. The average Bonchev–Trinajstić information content (AvgIpc) is 2.78. The summed E-state index contributed by atoms with van der Waals surface area (Å²) in [6, 6.07) is 18.9. The minimum Gasteiger partial charge on any atom is -0.467 e. The van der Waals surface area contributed by atoms with Gasteiger partial charge in [0.25, 0.3) is 6.04 Å². The molecule has 0 radical (unpaired) electrons. The highest BCUT2D eigenvalue weighted by molar-refractivity contribution is 6.33. The molecule has 0 spiro atoms. The van der Waals surface area contributed by atoms with Gasteiger partial charge in [-0.15, -0.1) is 0 Å². The van der Waals surface area contributed by atoms with Gasteiger partial charge in [-0.2, -0.15) is 0 Å². The van der Waals surface area contributed by atoms with Crippen molar-refractivity contribution in [3.05, 3.63) is 81.4 Å². The van der Waals surface area contributed by atoms with E-state index in [1.165, 1.54) is 0 Å². The molecule has 0 unspecified atom stereocenters. The van der Waals surface area contributed by atoms with E-state index in [-0.39, 0.29) is 4.92 Å². The molecule has 2 atom stereocenters. The zero-order chi connectivity index (χ0) is 20.7. The van der Waals surface area contributed by atoms with Gasteiger partial charge in [-0.25, -0.2) is 0 Å². The first-order valence-corrected chi connectivity index (χ1v) is 10.5. The summed E-state index contributed by atoms with van der Waals surface area (Å²) in [5.74, 6) is 0.755. The Morgan fingerprint density at radius 2 is 1.70 bits per heavy atom. The first-order chi connectivity index (χ1) is 14.6. The SMILES string of the molecule is O=[N+]([O-])[C@@H]1Cc2c(ccc3ccccc23)O[C@H]1N1CCN(c2ccccc2Cl)CC1. The van der Waals surface area contributed by atoms with Crippen molar-refractivity contribution in [2.75, 3.05) is 31.1 Å². The van der Waals surface area contributed by atoms with Crippen LogP contribution in [-0.2, 0) is 6.42 Å². The smallest absolute Gasteiger partial charge is 0.267 e. The normalized spacial score (nSPS) is 21.8. The fourth-order valence-electron chi connectivity index (χ4n) is 4.58. The van der Waals surface area contributed by atoms with Crippen molar-refractivity contribution in [1.29, 1.82) is 0 Å². The van der Waals surface area contributed by atoms with E-state index in [0.717, 1.165) is 45.9 Å². The van der Waals surface area contributed by atoms with Crippen molar-refractivity contribution in [3.8, 4) is 5.75 Å². The van der Waals surface area contributed by atoms with Gasteiger partial charge in [-0.3, -0.25) is 15.0 Å². The molecule has 0 bridgehead atoms. The Labute approximate surface area is 179 Å². The van der Waals surface area contributed by atoms with Crippen LogP contribution in [-0.4, -0.2) is 48.3 Å². The maximum atomic E-state index is 12.0. The van der Waals surface area contributed by atoms with Crippen molar-refractivity contribution >= 4 is 28.1 Å². The van der Waals surface area contributed by atoms with Crippen LogP contribution in [0.1, 0.15) is 5.56 Å². The number of fused-ring (bicyclic) bond motifs is 3. The number of piperazine rings is 1. The van der Waals surface area contributed by atoms with E-state index in [2.05, 4.69) is 9.80 Å². The van der Waals surface area contributed by atoms with Gasteiger partial charge in [0.15, 0.2) is 0 Å². The number of rotatable bonds is 3. The molecule has 1 saturated heterocycles. The van der Waals surface area contributed by atoms with Gasteiger partial charge >= 0.3 is 0 Å². The van der Waals surface area contributed by atoms with Crippen molar-refractivity contribution < 1.29 is 9.66 Å². The Bertz CT molecular complexity index is 1100. The van der Waals surface area contributed by atoms with Gasteiger partial charge in [0.2, 0.25) is 6.23 Å². The molecule has 3 aromatic rings. The lowest BCUT2D eigenvalue weighted by Crippen LogP contribution is -2.59. The molecule has 0 aliphatic carbocycles. The third-order valence-electron chi connectivity index (χ3n) is 6.13. The fraction of sp³-hybridized carbons (Fsp3) is 0.304. The molecule has 2 aliphatic heterocycles. The first-order valence-electron chi connectivity index (χ1n) is 10.2. The number of para-hydroxylation sites is 1. The summed E-state index contributed by atoms with van der Waals surface area (Å²) >= 11 is 6.34. The molecule has 2 aliphatic rings. The standard InChI is InChI=1S/C23H22ClN3O3/c24-19-7-3-4-8-20(19)25-11-13-26(14-12-25)23-21(27(28)29)15-18-17-6-2-1-5-16(17)9-10-22(18)30-23/h1-10,21,23H,11-15H2/t21-,23-/m1/s1. The molecule has 0 amide bonds. The second kappa shape index (κ2) is 7.78. The molecule has 1 fully saturated rings. The Morgan fingerprint density at radius 3 is 2.47 bits per heavy atom. The van der Waals surface area contributed by atoms with E-state index in [0.29, 0.717) is 19.5 Å². The van der Waals surface area contributed by atoms with Crippen LogP contribution in [0.3, 0.4) is 0 Å². The predicted octanol–water partition coefficient (Wildman–Crippen LogP) is 4.22. The van der Waals surface area contributed by atoms with Crippen molar-refractivity contribution in [3.63, 3.8) is 0 Å². The minimum absolute atomic E-state index is 0.185. The summed E-state index contributed by atoms with van der Waals surface area (Å²) in [5.41, 5.74) is 1.94. The summed E-state index contributed by atoms with van der Waals surface area (Å²) in [5, 5.41) is 14.8. The lowest BCUT2D eigenvalue weighted by molar-refractivity contribution is -0.540. The third kappa shape index (κ3) is 3.36. The monoisotopic (exact) mass is 423 g/mol. The van der Waals surface area contributed by atoms with E-state index < -0.39 is 12.3 Å². The molecular formula is C23H22ClN3O3. The molecule has 7 heteroatoms. The number of ether oxygens (including phenoxy) is 1. The van der Waals surface area contributed by atoms with Crippen molar-refractivity contribution in [1.82, 2.24) is 4.90 Å². The highest BCUT2D eigenvalue weighted by Gasteiger charge is 2.43. The quantitative estimate of drug-likeness (QED) is 0.466. The van der Waals surface area contributed by atoms with Crippen molar-refractivity contribution in [2.24, 2.45) is 0 Å². The zero-order valence-corrected chi connectivity index (χ0v) is 17.2. The summed E-state index contributed by atoms with van der Waals surface area (Å²) in [4.78, 5) is 16.1. The molecule has 0 aromatic heterocycles. The number of nitro groups is 1. The first kappa shape index (κ1) is 19.2. The van der Waals surface area contributed by atoms with Crippen LogP contribution in [0.4, 0.5) is 5.69 Å². The van der Waals surface area contributed by atoms with Crippen molar-refractivity contribution in [2.45, 2.75) is 18.7 Å². The molecule has 0 saturated carbocycles. The lowest BCUT2D eigenvalue weighted by atomic mass is 9.94. The highest BCUT2D eigenvalue weighted by Crippen LogP contribution is 2.36. The molecule has 6 nitrogen and oxygen atoms in total. The van der Waals surface area contributed by atoms with Gasteiger partial charge in [0.1, 0.15) is 5.75 Å². The molecule has 2 heterocycles. The average molecular weight is 424 g/mol. The zero-order valence-electron chi connectivity index (χ0n) is 16.4. The van der Waals surface area contributed by atoms with Gasteiger partial charge in [0.05, 0.1) is 10.7 Å². The van der Waals surface area contributed by atoms with E-state index in [9.17, 15) is 10.1 Å². The van der Waals surface area contributed by atoms with Crippen LogP contribution in [0.15, 0.2) is 60.7 Å². The van der Waals surface area contributed by atoms with Crippen LogP contribution >= 0.6 is 11.6 Å². The molecule has 30 heavy (non-hydrogen) atoms. The number of benzene rings is 3. The Balaban J connectivity index is 1.39. The topological polar surface area (TPSA) is 58.9 Å². The number of nitrogens with zero attached hydrogens (tertiary/aromatic N) is 3. The second-order valence-corrected chi connectivity index (χ2v) is 8.21. The Hall–Kier alpha value is -2.83. The molecular weight excluding hydrogens is 402 g/mol. The van der Waals surface area contributed by atoms with E-state index in [4.69, 9.17) is 16.3 Å². The summed E-state index contributed by atoms with van der Waals surface area (Å²) in [6.45, 7) is 2.86. The van der Waals surface area contributed by atoms with Gasteiger partial charge < -0.3 is 9.64 Å². The van der Waals surface area contributed by atoms with Crippen LogP contribution in [0.2, 0.25) is 5.02 Å². The molecule has 3 aromatic carbocycles. The third-order valence-corrected chi connectivity index (χ3v) is 6.45. The second-order valence-electron chi connectivity index (χ2n) is 7.80. The number of halogens is 1. The van der Waals surface area contributed by atoms with Crippen LogP contribution in [0.5, 0.6) is 5.75 Å². The van der Waals surface area contributed by atoms with E-state index >= 15 is 0 Å². The molecule has 154 valence electrons. The van der Waals surface area contributed by atoms with Crippen LogP contribution in [0, 0.1) is 10.1 Å². The number of anilines is 1. The van der Waals surface area contributed by atoms with E-state index in [1.54, 1.807) is 0 Å². The number of hydrogen-bond donors (Lipinski definition) is 0. The summed E-state index contributed by atoms with van der Waals surface area (Å²) in [6.07, 6.45) is -0.193. The maximum absolute atomic E-state index is 12.0. The van der Waals surface area contributed by atoms with Crippen LogP contribution in [0.25, 0.3) is 10.8 Å². The molecule has 0 N–H and O–H groups in total. The maximum Gasteiger partial charge on any atom is 0.267 e. The Kier molecular flexibility index (Phi) is 4.97. The number of hydrogen-bond acceptors (Lipinski definition) is 5.